The van der Waals surface area contributed by atoms with E-state index >= 15 is 0 Å². The molecule has 2 unspecified atom stereocenters. The molecule has 0 aliphatic heterocycles. The van der Waals surface area contributed by atoms with Gasteiger partial charge in [0.05, 0.1) is 13.2 Å². The number of ether oxygens (including phenoxy) is 2. The van der Waals surface area contributed by atoms with Gasteiger partial charge in [0.25, 0.3) is 0 Å². The van der Waals surface area contributed by atoms with E-state index in [1.54, 1.807) is 0 Å². The van der Waals surface area contributed by atoms with Crippen LogP contribution in [0.25, 0.3) is 0 Å². The van der Waals surface area contributed by atoms with E-state index in [0.717, 1.165) is 38.5 Å². The van der Waals surface area contributed by atoms with Gasteiger partial charge in [-0.2, -0.15) is 0 Å². The molecule has 10 heteroatoms. The van der Waals surface area contributed by atoms with E-state index in [9.17, 15) is 19.0 Å². The molecule has 0 rings (SSSR count). The van der Waals surface area contributed by atoms with E-state index in [2.05, 4.69) is 13.8 Å². The summed E-state index contributed by atoms with van der Waals surface area (Å²) in [4.78, 5) is 37.2. The van der Waals surface area contributed by atoms with Crippen LogP contribution < -0.4 is 0 Å². The molecule has 9 nitrogen and oxygen atoms in total. The summed E-state index contributed by atoms with van der Waals surface area (Å²) in [7, 11) is -0.695. The Balaban J connectivity index is 4.10. The van der Waals surface area contributed by atoms with Crippen molar-refractivity contribution in [3.05, 3.63) is 0 Å². The van der Waals surface area contributed by atoms with Gasteiger partial charge in [-0.05, 0) is 26.9 Å². The first-order valence-corrected chi connectivity index (χ1v) is 27.8. The van der Waals surface area contributed by atoms with E-state index in [0.29, 0.717) is 13.0 Å². The lowest BCUT2D eigenvalue weighted by atomic mass is 10.0. The molecular formula is C51H102NO8P. The molecule has 0 heterocycles. The minimum atomic E-state index is -4.36. The molecule has 0 aromatic carbocycles. The van der Waals surface area contributed by atoms with E-state index in [4.69, 9.17) is 18.5 Å². The topological polar surface area (TPSA) is 112 Å². The fourth-order valence-corrected chi connectivity index (χ4v) is 8.61. The summed E-state index contributed by atoms with van der Waals surface area (Å²) in [5, 5.41) is 0. The normalized spacial score (nSPS) is 13.1. The Hall–Kier alpha value is -0.990. The monoisotopic (exact) mass is 888 g/mol. The average Bonchev–Trinajstić information content (AvgIpc) is 3.23. The lowest BCUT2D eigenvalue weighted by Gasteiger charge is -2.20. The molecule has 0 bridgehead atoms. The highest BCUT2D eigenvalue weighted by Gasteiger charge is 2.26. The number of hydrogen-bond acceptors (Lipinski definition) is 8. The third-order valence-electron chi connectivity index (χ3n) is 11.9. The summed E-state index contributed by atoms with van der Waals surface area (Å²) in [5.74, 6) is -0.780. The molecule has 0 aliphatic rings. The highest BCUT2D eigenvalue weighted by molar-refractivity contribution is 7.47. The first-order valence-electron chi connectivity index (χ1n) is 26.3. The number of rotatable bonds is 50. The smallest absolute Gasteiger partial charge is 0.462 e. The molecule has 0 aliphatic carbocycles. The van der Waals surface area contributed by atoms with Crippen molar-refractivity contribution in [3.63, 3.8) is 0 Å². The van der Waals surface area contributed by atoms with Crippen LogP contribution in [0.1, 0.15) is 271 Å². The van der Waals surface area contributed by atoms with E-state index in [1.807, 2.05) is 19.0 Å². The summed E-state index contributed by atoms with van der Waals surface area (Å²) in [6.07, 6.45) is 48.7. The van der Waals surface area contributed by atoms with Crippen LogP contribution in [0.4, 0.5) is 0 Å². The molecule has 0 aromatic heterocycles. The number of carbonyl (C=O) groups is 2. The van der Waals surface area contributed by atoms with Crippen molar-refractivity contribution in [1.82, 2.24) is 4.90 Å². The Kier molecular flexibility index (Phi) is 46.2. The number of phosphoric ester groups is 1. The first-order chi connectivity index (χ1) is 29.7. The number of phosphoric acid groups is 1. The maximum atomic E-state index is 12.7. The van der Waals surface area contributed by atoms with Gasteiger partial charge in [-0.1, -0.05) is 245 Å². The van der Waals surface area contributed by atoms with Crippen LogP contribution in [0.2, 0.25) is 0 Å². The van der Waals surface area contributed by atoms with Crippen LogP contribution in [0.3, 0.4) is 0 Å². The Morgan fingerprint density at radius 1 is 0.443 bits per heavy atom. The fraction of sp³-hybridized carbons (Fsp3) is 0.961. The Morgan fingerprint density at radius 2 is 0.738 bits per heavy atom. The number of hydrogen-bond donors (Lipinski definition) is 1. The third kappa shape index (κ3) is 48.3. The van der Waals surface area contributed by atoms with Gasteiger partial charge in [0, 0.05) is 19.4 Å². The second kappa shape index (κ2) is 47.0. The summed E-state index contributed by atoms with van der Waals surface area (Å²) in [6.45, 7) is 4.40. The zero-order valence-corrected chi connectivity index (χ0v) is 41.8. The zero-order chi connectivity index (χ0) is 44.8. The predicted octanol–water partition coefficient (Wildman–Crippen LogP) is 15.8. The van der Waals surface area contributed by atoms with Crippen LogP contribution in [-0.2, 0) is 32.7 Å². The quantitative estimate of drug-likeness (QED) is 0.0362. The van der Waals surface area contributed by atoms with Crippen LogP contribution in [-0.4, -0.2) is 68.3 Å². The van der Waals surface area contributed by atoms with Crippen LogP contribution in [0.15, 0.2) is 0 Å². The Morgan fingerprint density at radius 3 is 1.05 bits per heavy atom. The van der Waals surface area contributed by atoms with Crippen molar-refractivity contribution in [2.24, 2.45) is 0 Å². The Bertz CT molecular complexity index is 982. The predicted molar refractivity (Wildman–Crippen MR) is 257 cm³/mol. The van der Waals surface area contributed by atoms with Gasteiger partial charge in [-0.15, -0.1) is 0 Å². The lowest BCUT2D eigenvalue weighted by molar-refractivity contribution is -0.161. The molecule has 0 saturated heterocycles. The summed E-state index contributed by atoms with van der Waals surface area (Å²) >= 11 is 0. The van der Waals surface area contributed by atoms with Gasteiger partial charge in [-0.25, -0.2) is 4.57 Å². The Labute approximate surface area is 378 Å². The van der Waals surface area contributed by atoms with Gasteiger partial charge in [0.2, 0.25) is 0 Å². The van der Waals surface area contributed by atoms with Crippen molar-refractivity contribution in [3.8, 4) is 0 Å². The van der Waals surface area contributed by atoms with Gasteiger partial charge in [-0.3, -0.25) is 18.6 Å². The highest BCUT2D eigenvalue weighted by Crippen LogP contribution is 2.43. The van der Waals surface area contributed by atoms with Crippen molar-refractivity contribution in [2.45, 2.75) is 277 Å². The lowest BCUT2D eigenvalue weighted by Crippen LogP contribution is -2.29. The fourth-order valence-electron chi connectivity index (χ4n) is 7.87. The molecule has 2 atom stereocenters. The molecule has 364 valence electrons. The molecular weight excluding hydrogens is 786 g/mol. The summed E-state index contributed by atoms with van der Waals surface area (Å²) in [5.41, 5.74) is 0. The van der Waals surface area contributed by atoms with Crippen LogP contribution in [0, 0.1) is 0 Å². The average molecular weight is 888 g/mol. The second-order valence-electron chi connectivity index (χ2n) is 18.4. The maximum Gasteiger partial charge on any atom is 0.472 e. The van der Waals surface area contributed by atoms with E-state index < -0.39 is 26.5 Å². The second-order valence-corrected chi connectivity index (χ2v) is 19.9. The van der Waals surface area contributed by atoms with Crippen LogP contribution in [0.5, 0.6) is 0 Å². The number of esters is 2. The van der Waals surface area contributed by atoms with Gasteiger partial charge < -0.3 is 19.3 Å². The molecule has 0 aromatic rings. The summed E-state index contributed by atoms with van der Waals surface area (Å²) in [6, 6.07) is 0. The standard InChI is InChI=1S/C51H102NO8P/c1-5-7-9-11-13-15-17-19-21-23-24-25-26-28-29-31-33-35-37-39-41-43-50(53)57-47-49(48-59-61(55,56)58-46-45-52(3)4)60-51(54)44-42-40-38-36-34-32-30-27-22-20-18-16-14-12-10-8-6-2/h49H,5-48H2,1-4H3,(H,55,56). The van der Waals surface area contributed by atoms with Crippen LogP contribution >= 0.6 is 7.82 Å². The molecule has 1 N–H and O–H groups in total. The van der Waals surface area contributed by atoms with Crippen molar-refractivity contribution < 1.29 is 37.6 Å². The SMILES string of the molecule is CCCCCCCCCCCCCCCCCCCCCCCC(=O)OCC(COP(=O)(O)OCCN(C)C)OC(=O)CCCCCCCCCCCCCCCCCCC. The van der Waals surface area contributed by atoms with Gasteiger partial charge >= 0.3 is 19.8 Å². The molecule has 0 spiro atoms. The molecule has 0 saturated carbocycles. The number of unbranched alkanes of at least 4 members (excludes halogenated alkanes) is 36. The number of carbonyl (C=O) groups excluding carboxylic acids is 2. The third-order valence-corrected chi connectivity index (χ3v) is 12.9. The van der Waals surface area contributed by atoms with Gasteiger partial charge in [0.15, 0.2) is 6.10 Å². The number of likely N-dealkylation sites (N-methyl/N-ethyl adjacent to an activating group) is 1. The van der Waals surface area contributed by atoms with Gasteiger partial charge in [0.1, 0.15) is 6.61 Å². The van der Waals surface area contributed by atoms with E-state index in [-0.39, 0.29) is 25.6 Å². The molecule has 0 fully saturated rings. The first kappa shape index (κ1) is 60.0. The van der Waals surface area contributed by atoms with E-state index in [1.165, 1.54) is 205 Å². The minimum Gasteiger partial charge on any atom is -0.462 e. The van der Waals surface area contributed by atoms with Crippen molar-refractivity contribution >= 4 is 19.8 Å². The van der Waals surface area contributed by atoms with Crippen molar-refractivity contribution in [1.29, 1.82) is 0 Å². The molecule has 61 heavy (non-hydrogen) atoms. The maximum absolute atomic E-state index is 12.7. The zero-order valence-electron chi connectivity index (χ0n) is 40.9. The molecule has 0 radical (unpaired) electrons. The summed E-state index contributed by atoms with van der Waals surface area (Å²) < 4.78 is 33.6. The number of nitrogens with zero attached hydrogens (tertiary/aromatic N) is 1. The minimum absolute atomic E-state index is 0.0129. The highest BCUT2D eigenvalue weighted by atomic mass is 31.2. The van der Waals surface area contributed by atoms with Crippen molar-refractivity contribution in [2.75, 3.05) is 40.5 Å². The molecule has 0 amide bonds. The largest absolute Gasteiger partial charge is 0.472 e.